The summed E-state index contributed by atoms with van der Waals surface area (Å²) in [6.07, 6.45) is 0. The number of hydrogen-bond acceptors (Lipinski definition) is 4. The summed E-state index contributed by atoms with van der Waals surface area (Å²) < 4.78 is 34.2. The van der Waals surface area contributed by atoms with Gasteiger partial charge >= 0.3 is 6.80 Å². The van der Waals surface area contributed by atoms with Crippen LogP contribution in [0.4, 0.5) is 0 Å². The van der Waals surface area contributed by atoms with Gasteiger partial charge < -0.3 is 9.05 Å². The molecule has 0 aliphatic heterocycles. The van der Waals surface area contributed by atoms with Crippen molar-refractivity contribution in [3.05, 3.63) is 60.7 Å². The minimum Gasteiger partial charge on any atom is -0.406 e. The Labute approximate surface area is 113 Å². The second-order valence-electron chi connectivity index (χ2n) is 3.53. The molecule has 1 unspecified atom stereocenters. The van der Waals surface area contributed by atoms with E-state index in [0.29, 0.717) is 0 Å². The quantitative estimate of drug-likeness (QED) is 0.861. The molecule has 0 bridgehead atoms. The Morgan fingerprint density at radius 2 is 1.21 bits per heavy atom. The van der Waals surface area contributed by atoms with E-state index in [1.165, 1.54) is 0 Å². The molecule has 2 aromatic rings. The van der Waals surface area contributed by atoms with Crippen LogP contribution in [0.3, 0.4) is 0 Å². The normalized spacial score (nSPS) is 12.7. The van der Waals surface area contributed by atoms with E-state index in [4.69, 9.17) is 14.2 Å². The number of para-hydroxylation sites is 2. The monoisotopic (exact) mass is 297 g/mol. The highest BCUT2D eigenvalue weighted by Gasteiger charge is 2.35. The minimum absolute atomic E-state index is 0.278. The van der Waals surface area contributed by atoms with Gasteiger partial charge in [-0.2, -0.15) is 0 Å². The predicted molar refractivity (Wildman–Crippen MR) is 74.1 cm³/mol. The Morgan fingerprint density at radius 3 is 1.53 bits per heavy atom. The zero-order valence-electron chi connectivity index (χ0n) is 9.84. The first-order valence-electron chi connectivity index (χ1n) is 5.36. The molecule has 0 amide bonds. The Morgan fingerprint density at radius 1 is 0.842 bits per heavy atom. The number of rotatable bonds is 5. The van der Waals surface area contributed by atoms with Crippen LogP contribution in [0.15, 0.2) is 60.7 Å². The second kappa shape index (κ2) is 6.02. The molecule has 0 saturated heterocycles. The summed E-state index contributed by atoms with van der Waals surface area (Å²) in [5.74, 6) is 0.557. The van der Waals surface area contributed by atoms with Crippen molar-refractivity contribution in [3.8, 4) is 11.5 Å². The third-order valence-electron chi connectivity index (χ3n) is 2.14. The standard InChI is InChI=1S/C12H12NO4PS/c13-19(15)18(14,16-11-7-3-1-4-8-11)17-12-9-5-2-6-10-12/h1-10H,13H2. The highest BCUT2D eigenvalue weighted by Crippen LogP contribution is 2.50. The topological polar surface area (TPSA) is 78.6 Å². The molecule has 0 radical (unpaired) electrons. The summed E-state index contributed by atoms with van der Waals surface area (Å²) in [5, 5.41) is 5.23. The van der Waals surface area contributed by atoms with Gasteiger partial charge in [0.25, 0.3) is 0 Å². The summed E-state index contributed by atoms with van der Waals surface area (Å²) >= 11 is 0. The SMILES string of the molecule is NS(=O)P(=O)(Oc1ccccc1)Oc1ccccc1. The van der Waals surface area contributed by atoms with Crippen molar-refractivity contribution in [1.82, 2.24) is 0 Å². The average molecular weight is 297 g/mol. The van der Waals surface area contributed by atoms with Crippen LogP contribution in [-0.4, -0.2) is 4.21 Å². The molecule has 19 heavy (non-hydrogen) atoms. The van der Waals surface area contributed by atoms with Gasteiger partial charge in [-0.15, -0.1) is 0 Å². The van der Waals surface area contributed by atoms with Crippen LogP contribution in [0.5, 0.6) is 11.5 Å². The molecule has 0 saturated carbocycles. The maximum absolute atomic E-state index is 12.4. The number of benzene rings is 2. The molecular weight excluding hydrogens is 285 g/mol. The summed E-state index contributed by atoms with van der Waals surface area (Å²) in [6, 6.07) is 16.6. The molecule has 2 aromatic carbocycles. The zero-order valence-corrected chi connectivity index (χ0v) is 11.6. The van der Waals surface area contributed by atoms with Crippen LogP contribution < -0.4 is 14.2 Å². The molecule has 0 aromatic heterocycles. The highest BCUT2D eigenvalue weighted by molar-refractivity contribution is 8.44. The highest BCUT2D eigenvalue weighted by atomic mass is 32.8. The zero-order chi connectivity index (χ0) is 13.7. The van der Waals surface area contributed by atoms with Crippen LogP contribution >= 0.6 is 6.80 Å². The van der Waals surface area contributed by atoms with Gasteiger partial charge in [-0.3, -0.25) is 0 Å². The second-order valence-corrected chi connectivity index (χ2v) is 7.77. The lowest BCUT2D eigenvalue weighted by molar-refractivity contribution is 0.405. The minimum atomic E-state index is -3.99. The molecule has 2 N–H and O–H groups in total. The first kappa shape index (κ1) is 13.8. The molecule has 0 spiro atoms. The van der Waals surface area contributed by atoms with E-state index >= 15 is 0 Å². The van der Waals surface area contributed by atoms with Crippen LogP contribution in [0.1, 0.15) is 0 Å². The molecule has 0 aliphatic rings. The summed E-state index contributed by atoms with van der Waals surface area (Å²) in [4.78, 5) is 0. The Hall–Kier alpha value is -1.62. The largest absolute Gasteiger partial charge is 0.537 e. The van der Waals surface area contributed by atoms with Gasteiger partial charge in [0, 0.05) is 0 Å². The number of nitrogens with two attached hydrogens (primary N) is 1. The molecule has 0 fully saturated rings. The van der Waals surface area contributed by atoms with Crippen molar-refractivity contribution >= 4 is 17.4 Å². The van der Waals surface area contributed by atoms with Crippen LogP contribution in [-0.2, 0) is 15.2 Å². The lowest BCUT2D eigenvalue weighted by atomic mass is 10.3. The van der Waals surface area contributed by atoms with Gasteiger partial charge in [0.1, 0.15) is 11.5 Å². The van der Waals surface area contributed by atoms with Crippen molar-refractivity contribution in [2.75, 3.05) is 0 Å². The molecular formula is C12H12NO4PS. The summed E-state index contributed by atoms with van der Waals surface area (Å²) in [7, 11) is -2.26. The molecule has 0 heterocycles. The first-order chi connectivity index (χ1) is 9.10. The van der Waals surface area contributed by atoms with E-state index in [-0.39, 0.29) is 11.5 Å². The molecule has 1 atom stereocenters. The fraction of sp³-hybridized carbons (Fsp3) is 0. The van der Waals surface area contributed by atoms with Gasteiger partial charge in [0.05, 0.1) is 0 Å². The van der Waals surface area contributed by atoms with Crippen LogP contribution in [0.25, 0.3) is 0 Å². The van der Waals surface area contributed by atoms with Gasteiger partial charge in [0.15, 0.2) is 0 Å². The maximum atomic E-state index is 12.4. The van der Waals surface area contributed by atoms with E-state index in [2.05, 4.69) is 0 Å². The summed E-state index contributed by atoms with van der Waals surface area (Å²) in [6.45, 7) is -3.99. The smallest absolute Gasteiger partial charge is 0.406 e. The van der Waals surface area contributed by atoms with Crippen molar-refractivity contribution in [3.63, 3.8) is 0 Å². The van der Waals surface area contributed by atoms with Gasteiger partial charge in [-0.1, -0.05) is 36.4 Å². The van der Waals surface area contributed by atoms with E-state index in [0.717, 1.165) is 0 Å². The van der Waals surface area contributed by atoms with Crippen LogP contribution in [0.2, 0.25) is 0 Å². The predicted octanol–water partition coefficient (Wildman–Crippen LogP) is 2.87. The molecule has 100 valence electrons. The van der Waals surface area contributed by atoms with Gasteiger partial charge in [-0.25, -0.2) is 13.9 Å². The third-order valence-corrected chi connectivity index (χ3v) is 5.22. The fourth-order valence-corrected chi connectivity index (χ4v) is 3.21. The van der Waals surface area contributed by atoms with E-state index in [1.54, 1.807) is 60.7 Å². The molecule has 0 aliphatic carbocycles. The van der Waals surface area contributed by atoms with E-state index in [9.17, 15) is 8.77 Å². The Balaban J connectivity index is 2.24. The van der Waals surface area contributed by atoms with E-state index < -0.39 is 17.4 Å². The summed E-state index contributed by atoms with van der Waals surface area (Å²) in [5.41, 5.74) is 0. The number of hydrogen-bond donors (Lipinski definition) is 1. The van der Waals surface area contributed by atoms with Crippen molar-refractivity contribution in [2.24, 2.45) is 5.14 Å². The lowest BCUT2D eigenvalue weighted by Gasteiger charge is -2.16. The molecule has 2 rings (SSSR count). The third kappa shape index (κ3) is 3.67. The van der Waals surface area contributed by atoms with Crippen LogP contribution in [0, 0.1) is 0 Å². The Bertz CT molecular complexity index is 560. The van der Waals surface area contributed by atoms with Crippen molar-refractivity contribution < 1.29 is 17.8 Å². The fourth-order valence-electron chi connectivity index (χ4n) is 1.31. The first-order valence-corrected chi connectivity index (χ1v) is 8.72. The molecule has 7 heteroatoms. The van der Waals surface area contributed by atoms with Gasteiger partial charge in [-0.05, 0) is 24.3 Å². The van der Waals surface area contributed by atoms with Crippen molar-refractivity contribution in [1.29, 1.82) is 0 Å². The molecule has 5 nitrogen and oxygen atoms in total. The van der Waals surface area contributed by atoms with Gasteiger partial charge in [0.2, 0.25) is 10.6 Å². The lowest BCUT2D eigenvalue weighted by Crippen LogP contribution is -2.12. The Kier molecular flexibility index (Phi) is 4.37. The average Bonchev–Trinajstić information content (AvgIpc) is 2.40. The maximum Gasteiger partial charge on any atom is 0.537 e. The van der Waals surface area contributed by atoms with Crippen molar-refractivity contribution in [2.45, 2.75) is 0 Å². The van der Waals surface area contributed by atoms with E-state index in [1.807, 2.05) is 0 Å².